The lowest BCUT2D eigenvalue weighted by Gasteiger charge is -2.39. The molecule has 0 spiro atoms. The average Bonchev–Trinajstić information content (AvgIpc) is 3.38. The third-order valence-corrected chi connectivity index (χ3v) is 6.28. The summed E-state index contributed by atoms with van der Waals surface area (Å²) in [5.74, 6) is 0.888. The Morgan fingerprint density at radius 3 is 2.75 bits per heavy atom. The van der Waals surface area contributed by atoms with Crippen LogP contribution in [0.4, 0.5) is 5.82 Å². The molecule has 28 heavy (non-hydrogen) atoms. The minimum atomic E-state index is -0.243. The summed E-state index contributed by atoms with van der Waals surface area (Å²) in [5, 5.41) is 6.06. The quantitative estimate of drug-likeness (QED) is 0.775. The van der Waals surface area contributed by atoms with Crippen LogP contribution in [0.2, 0.25) is 0 Å². The van der Waals surface area contributed by atoms with Crippen LogP contribution >= 0.6 is 11.3 Å². The summed E-state index contributed by atoms with van der Waals surface area (Å²) < 4.78 is 0. The molecule has 3 heterocycles. The minimum absolute atomic E-state index is 0.0124. The van der Waals surface area contributed by atoms with E-state index >= 15 is 0 Å². The van der Waals surface area contributed by atoms with Crippen molar-refractivity contribution in [3.8, 4) is 0 Å². The molecule has 2 amide bonds. The van der Waals surface area contributed by atoms with E-state index in [1.807, 2.05) is 12.3 Å². The van der Waals surface area contributed by atoms with Gasteiger partial charge >= 0.3 is 0 Å². The molecule has 1 aliphatic heterocycles. The number of amides is 2. The van der Waals surface area contributed by atoms with Crippen LogP contribution in [0.1, 0.15) is 19.8 Å². The summed E-state index contributed by atoms with van der Waals surface area (Å²) in [5.41, 5.74) is 0. The van der Waals surface area contributed by atoms with E-state index in [-0.39, 0.29) is 24.4 Å². The summed E-state index contributed by atoms with van der Waals surface area (Å²) in [4.78, 5) is 40.5. The number of fused-ring (bicyclic) bond motifs is 1. The first-order valence-electron chi connectivity index (χ1n) is 9.74. The number of nitrogens with zero attached hydrogens (tertiary/aromatic N) is 5. The van der Waals surface area contributed by atoms with Gasteiger partial charge < -0.3 is 15.1 Å². The number of aromatic nitrogens is 2. The van der Waals surface area contributed by atoms with E-state index in [9.17, 15) is 9.59 Å². The molecule has 1 unspecified atom stereocenters. The van der Waals surface area contributed by atoms with Gasteiger partial charge in [0.15, 0.2) is 0 Å². The first kappa shape index (κ1) is 19.1. The predicted molar refractivity (Wildman–Crippen MR) is 109 cm³/mol. The van der Waals surface area contributed by atoms with Crippen molar-refractivity contribution in [2.24, 2.45) is 0 Å². The molecule has 9 heteroatoms. The summed E-state index contributed by atoms with van der Waals surface area (Å²) in [6.07, 6.45) is 3.72. The van der Waals surface area contributed by atoms with Gasteiger partial charge in [0.25, 0.3) is 0 Å². The molecule has 0 radical (unpaired) electrons. The van der Waals surface area contributed by atoms with Crippen LogP contribution in [-0.4, -0.2) is 83.4 Å². The van der Waals surface area contributed by atoms with E-state index in [1.165, 1.54) is 4.90 Å². The van der Waals surface area contributed by atoms with Crippen LogP contribution in [0.25, 0.3) is 10.2 Å². The monoisotopic (exact) mass is 402 g/mol. The Kier molecular flexibility index (Phi) is 5.45. The number of likely N-dealkylation sites (N-methyl/N-ethyl adjacent to an activating group) is 1. The Morgan fingerprint density at radius 2 is 2.04 bits per heavy atom. The number of carbonyl (C=O) groups is 2. The number of piperazine rings is 1. The maximum atomic E-state index is 12.7. The fraction of sp³-hybridized carbons (Fsp3) is 0.579. The fourth-order valence-corrected chi connectivity index (χ4v) is 4.35. The second-order valence-electron chi connectivity index (χ2n) is 7.57. The van der Waals surface area contributed by atoms with E-state index < -0.39 is 0 Å². The van der Waals surface area contributed by atoms with Crippen LogP contribution in [0.3, 0.4) is 0 Å². The normalized spacial score (nSPS) is 18.9. The number of hydrogen-bond donors (Lipinski definition) is 1. The predicted octanol–water partition coefficient (Wildman–Crippen LogP) is 0.939. The SMILES string of the molecule is CC(C(=O)N(C)CC(=O)NC1CC1)N1CCN(c2ncnc3sccc23)CC1. The lowest BCUT2D eigenvalue weighted by Crippen LogP contribution is -2.55. The Bertz CT molecular complexity index is 859. The van der Waals surface area contributed by atoms with Gasteiger partial charge in [-0.25, -0.2) is 9.97 Å². The molecular formula is C19H26N6O2S. The third kappa shape index (κ3) is 4.10. The van der Waals surface area contributed by atoms with Gasteiger partial charge in [-0.1, -0.05) is 0 Å². The molecule has 1 saturated carbocycles. The largest absolute Gasteiger partial charge is 0.353 e. The van der Waals surface area contributed by atoms with Crippen molar-refractivity contribution in [3.05, 3.63) is 17.8 Å². The molecule has 8 nitrogen and oxygen atoms in total. The average molecular weight is 403 g/mol. The molecule has 2 fully saturated rings. The Labute approximate surface area is 168 Å². The van der Waals surface area contributed by atoms with Gasteiger partial charge in [0.05, 0.1) is 18.0 Å². The number of nitrogens with one attached hydrogen (secondary N) is 1. The van der Waals surface area contributed by atoms with Crippen LogP contribution < -0.4 is 10.2 Å². The van der Waals surface area contributed by atoms with Crippen LogP contribution in [0.5, 0.6) is 0 Å². The van der Waals surface area contributed by atoms with Gasteiger partial charge in [-0.2, -0.15) is 0 Å². The van der Waals surface area contributed by atoms with Crippen LogP contribution in [0, 0.1) is 0 Å². The molecule has 0 bridgehead atoms. The van der Waals surface area contributed by atoms with Gasteiger partial charge in [0, 0.05) is 39.3 Å². The van der Waals surface area contributed by atoms with Crippen molar-refractivity contribution < 1.29 is 9.59 Å². The van der Waals surface area contributed by atoms with Crippen molar-refractivity contribution in [1.29, 1.82) is 0 Å². The van der Waals surface area contributed by atoms with Crippen molar-refractivity contribution in [3.63, 3.8) is 0 Å². The van der Waals surface area contributed by atoms with Crippen LogP contribution in [-0.2, 0) is 9.59 Å². The summed E-state index contributed by atoms with van der Waals surface area (Å²) in [7, 11) is 1.70. The smallest absolute Gasteiger partial charge is 0.239 e. The standard InChI is InChI=1S/C19H26N6O2S/c1-13(19(27)23(2)11-16(26)22-14-3-4-14)24-6-8-25(9-7-24)17-15-5-10-28-18(15)21-12-20-17/h5,10,12-14H,3-4,6-9,11H2,1-2H3,(H,22,26). The van der Waals surface area contributed by atoms with Gasteiger partial charge in [-0.3, -0.25) is 14.5 Å². The fourth-order valence-electron chi connectivity index (χ4n) is 3.62. The number of anilines is 1. The van der Waals surface area contributed by atoms with Gasteiger partial charge in [0.2, 0.25) is 11.8 Å². The molecule has 2 aromatic heterocycles. The minimum Gasteiger partial charge on any atom is -0.353 e. The highest BCUT2D eigenvalue weighted by molar-refractivity contribution is 7.16. The van der Waals surface area contributed by atoms with E-state index in [1.54, 1.807) is 24.7 Å². The molecule has 150 valence electrons. The van der Waals surface area contributed by atoms with E-state index in [4.69, 9.17) is 0 Å². The first-order chi connectivity index (χ1) is 13.5. The van der Waals surface area contributed by atoms with Gasteiger partial charge in [-0.15, -0.1) is 11.3 Å². The van der Waals surface area contributed by atoms with E-state index in [0.29, 0.717) is 6.04 Å². The van der Waals surface area contributed by atoms with Crippen molar-refractivity contribution in [2.45, 2.75) is 31.8 Å². The zero-order valence-corrected chi connectivity index (χ0v) is 17.1. The highest BCUT2D eigenvalue weighted by atomic mass is 32.1. The highest BCUT2D eigenvalue weighted by Crippen LogP contribution is 2.27. The molecule has 0 aromatic carbocycles. The van der Waals surface area contributed by atoms with Crippen molar-refractivity contribution >= 4 is 39.2 Å². The Morgan fingerprint density at radius 1 is 1.29 bits per heavy atom. The van der Waals surface area contributed by atoms with E-state index in [0.717, 1.165) is 55.1 Å². The Hall–Kier alpha value is -2.26. The molecule has 2 aromatic rings. The first-order valence-corrected chi connectivity index (χ1v) is 10.6. The molecule has 1 saturated heterocycles. The molecule has 1 N–H and O–H groups in total. The molecule has 4 rings (SSSR count). The maximum absolute atomic E-state index is 12.7. The van der Waals surface area contributed by atoms with Gasteiger partial charge in [-0.05, 0) is 31.2 Å². The number of carbonyl (C=O) groups excluding carboxylic acids is 2. The number of rotatable bonds is 6. The lowest BCUT2D eigenvalue weighted by molar-refractivity contribution is -0.138. The molecule has 2 aliphatic rings. The second kappa shape index (κ2) is 8.00. The lowest BCUT2D eigenvalue weighted by atomic mass is 10.2. The number of hydrogen-bond acceptors (Lipinski definition) is 7. The zero-order chi connectivity index (χ0) is 19.7. The number of thiophene rings is 1. The molecular weight excluding hydrogens is 376 g/mol. The molecule has 1 aliphatic carbocycles. The summed E-state index contributed by atoms with van der Waals surface area (Å²) >= 11 is 1.62. The second-order valence-corrected chi connectivity index (χ2v) is 8.47. The van der Waals surface area contributed by atoms with E-state index in [2.05, 4.69) is 31.2 Å². The molecule has 1 atom stereocenters. The van der Waals surface area contributed by atoms with Gasteiger partial charge in [0.1, 0.15) is 17.0 Å². The zero-order valence-electron chi connectivity index (χ0n) is 16.3. The Balaban J connectivity index is 1.31. The van der Waals surface area contributed by atoms with Crippen molar-refractivity contribution in [2.75, 3.05) is 44.7 Å². The summed E-state index contributed by atoms with van der Waals surface area (Å²) in [6, 6.07) is 2.14. The van der Waals surface area contributed by atoms with Crippen LogP contribution in [0.15, 0.2) is 17.8 Å². The van der Waals surface area contributed by atoms with Crippen molar-refractivity contribution in [1.82, 2.24) is 25.1 Å². The summed E-state index contributed by atoms with van der Waals surface area (Å²) in [6.45, 7) is 5.23. The topological polar surface area (TPSA) is 81.7 Å². The third-order valence-electron chi connectivity index (χ3n) is 5.46. The maximum Gasteiger partial charge on any atom is 0.239 e. The highest BCUT2D eigenvalue weighted by Gasteiger charge is 2.30.